The summed E-state index contributed by atoms with van der Waals surface area (Å²) in [5.74, 6) is 0. The number of nitrogen functional groups attached to an aromatic ring is 1. The van der Waals surface area contributed by atoms with Crippen LogP contribution in [-0.2, 0) is 12.8 Å². The van der Waals surface area contributed by atoms with Crippen molar-refractivity contribution in [2.45, 2.75) is 45.9 Å². The first-order valence-corrected chi connectivity index (χ1v) is 11.7. The number of thiazole rings is 1. The maximum absolute atomic E-state index is 6.13. The Labute approximate surface area is 181 Å². The van der Waals surface area contributed by atoms with Gasteiger partial charge in [0.1, 0.15) is 0 Å². The van der Waals surface area contributed by atoms with E-state index in [4.69, 9.17) is 10.7 Å². The minimum atomic E-state index is 0.422. The van der Waals surface area contributed by atoms with Crippen molar-refractivity contribution in [2.24, 2.45) is 0 Å². The van der Waals surface area contributed by atoms with Gasteiger partial charge in [0.25, 0.3) is 0 Å². The molecule has 0 radical (unpaired) electrons. The van der Waals surface area contributed by atoms with Crippen molar-refractivity contribution in [1.29, 1.82) is 0 Å². The van der Waals surface area contributed by atoms with Crippen molar-refractivity contribution in [3.8, 4) is 10.4 Å². The molecule has 0 fully saturated rings. The van der Waals surface area contributed by atoms with Gasteiger partial charge in [0, 0.05) is 17.0 Å². The summed E-state index contributed by atoms with van der Waals surface area (Å²) in [6, 6.07) is 15.5. The van der Waals surface area contributed by atoms with E-state index in [9.17, 15) is 0 Å². The van der Waals surface area contributed by atoms with Gasteiger partial charge in [0.15, 0.2) is 5.13 Å². The standard InChI is InChI=1S/C24H27N3S2/c1-5-17-9-10-19(22-15(3)26-16(4)28-22)12-20(17)13-21-23(29-24(25)27-21)18-8-6-7-14(2)11-18/h6-12,16,26H,5,13H2,1-4H3,(H2,25,27). The molecule has 0 saturated carbocycles. The highest BCUT2D eigenvalue weighted by Gasteiger charge is 2.20. The summed E-state index contributed by atoms with van der Waals surface area (Å²) in [6.45, 7) is 8.70. The minimum Gasteiger partial charge on any atom is -0.376 e. The van der Waals surface area contributed by atoms with Crippen LogP contribution in [-0.4, -0.2) is 10.4 Å². The molecule has 1 aliphatic heterocycles. The Kier molecular flexibility index (Phi) is 5.70. The quantitative estimate of drug-likeness (QED) is 0.513. The molecular formula is C24H27N3S2. The van der Waals surface area contributed by atoms with Crippen molar-refractivity contribution < 1.29 is 0 Å². The van der Waals surface area contributed by atoms with Crippen LogP contribution in [0.1, 0.15) is 48.7 Å². The molecule has 1 atom stereocenters. The zero-order chi connectivity index (χ0) is 20.5. The fourth-order valence-electron chi connectivity index (χ4n) is 3.91. The molecule has 150 valence electrons. The SMILES string of the molecule is CCc1ccc(C2=C(C)NC(C)S2)cc1Cc1nc(N)sc1-c1cccc(C)c1. The maximum Gasteiger partial charge on any atom is 0.180 e. The molecule has 5 heteroatoms. The average Bonchev–Trinajstić information content (AvgIpc) is 3.22. The van der Waals surface area contributed by atoms with E-state index in [-0.39, 0.29) is 0 Å². The molecule has 3 aromatic rings. The Bertz CT molecular complexity index is 1080. The van der Waals surface area contributed by atoms with Crippen LogP contribution < -0.4 is 11.1 Å². The van der Waals surface area contributed by atoms with Gasteiger partial charge in [0.05, 0.1) is 15.9 Å². The van der Waals surface area contributed by atoms with Gasteiger partial charge in [-0.05, 0) is 55.5 Å². The second-order valence-corrected chi connectivity index (χ2v) is 9.95. The van der Waals surface area contributed by atoms with Crippen LogP contribution in [0.5, 0.6) is 0 Å². The number of benzene rings is 2. The van der Waals surface area contributed by atoms with E-state index in [2.05, 4.69) is 75.5 Å². The van der Waals surface area contributed by atoms with Crippen LogP contribution in [0.15, 0.2) is 48.2 Å². The van der Waals surface area contributed by atoms with Crippen LogP contribution >= 0.6 is 23.1 Å². The van der Waals surface area contributed by atoms with E-state index < -0.39 is 0 Å². The topological polar surface area (TPSA) is 50.9 Å². The third kappa shape index (κ3) is 4.21. The van der Waals surface area contributed by atoms with Crippen molar-refractivity contribution in [2.75, 3.05) is 5.73 Å². The van der Waals surface area contributed by atoms with E-state index in [0.717, 1.165) is 18.5 Å². The number of nitrogens with zero attached hydrogens (tertiary/aromatic N) is 1. The Hall–Kier alpha value is -2.24. The van der Waals surface area contributed by atoms with E-state index in [0.29, 0.717) is 10.5 Å². The second kappa shape index (κ2) is 8.25. The molecule has 0 saturated heterocycles. The average molecular weight is 422 g/mol. The number of aryl methyl sites for hydroxylation is 2. The Morgan fingerprint density at radius 1 is 1.07 bits per heavy atom. The number of hydrogen-bond acceptors (Lipinski definition) is 5. The summed E-state index contributed by atoms with van der Waals surface area (Å²) in [7, 11) is 0. The number of nitrogens with one attached hydrogen (secondary N) is 1. The lowest BCUT2D eigenvalue weighted by atomic mass is 9.96. The number of aromatic nitrogens is 1. The molecule has 1 unspecified atom stereocenters. The maximum atomic E-state index is 6.13. The van der Waals surface area contributed by atoms with Crippen molar-refractivity contribution in [1.82, 2.24) is 10.3 Å². The molecule has 4 rings (SSSR count). The molecule has 3 nitrogen and oxygen atoms in total. The molecule has 1 aliphatic rings. The summed E-state index contributed by atoms with van der Waals surface area (Å²) in [5.41, 5.74) is 14.9. The Morgan fingerprint density at radius 2 is 1.90 bits per heavy atom. The summed E-state index contributed by atoms with van der Waals surface area (Å²) >= 11 is 3.48. The monoisotopic (exact) mass is 421 g/mol. The van der Waals surface area contributed by atoms with Gasteiger partial charge in [-0.15, -0.1) is 0 Å². The summed E-state index contributed by atoms with van der Waals surface area (Å²) in [6.07, 6.45) is 1.81. The van der Waals surface area contributed by atoms with Gasteiger partial charge >= 0.3 is 0 Å². The number of rotatable bonds is 5. The van der Waals surface area contributed by atoms with Crippen molar-refractivity contribution >= 4 is 33.1 Å². The molecule has 29 heavy (non-hydrogen) atoms. The molecule has 2 heterocycles. The van der Waals surface area contributed by atoms with Gasteiger partial charge in [-0.25, -0.2) is 4.98 Å². The van der Waals surface area contributed by atoms with Crippen LogP contribution in [0.2, 0.25) is 0 Å². The third-order valence-corrected chi connectivity index (χ3v) is 7.48. The lowest BCUT2D eigenvalue weighted by molar-refractivity contribution is 0.823. The van der Waals surface area contributed by atoms with Crippen LogP contribution in [0.3, 0.4) is 0 Å². The van der Waals surface area contributed by atoms with Crippen LogP contribution in [0.25, 0.3) is 15.3 Å². The molecule has 0 aliphatic carbocycles. The fraction of sp³-hybridized carbons (Fsp3) is 0.292. The molecule has 3 N–H and O–H groups in total. The van der Waals surface area contributed by atoms with E-state index in [1.54, 1.807) is 11.3 Å². The van der Waals surface area contributed by atoms with Crippen LogP contribution in [0.4, 0.5) is 5.13 Å². The molecule has 0 amide bonds. The summed E-state index contributed by atoms with van der Waals surface area (Å²) in [4.78, 5) is 7.23. The Morgan fingerprint density at radius 3 is 2.59 bits per heavy atom. The minimum absolute atomic E-state index is 0.422. The molecule has 2 aromatic carbocycles. The molecular weight excluding hydrogens is 394 g/mol. The smallest absolute Gasteiger partial charge is 0.180 e. The number of allylic oxidation sites excluding steroid dienone is 1. The largest absolute Gasteiger partial charge is 0.376 e. The zero-order valence-electron chi connectivity index (χ0n) is 17.4. The predicted molar refractivity (Wildman–Crippen MR) is 128 cm³/mol. The summed E-state index contributed by atoms with van der Waals surface area (Å²) in [5, 5.41) is 4.57. The van der Waals surface area contributed by atoms with Crippen molar-refractivity contribution in [3.63, 3.8) is 0 Å². The highest BCUT2D eigenvalue weighted by Crippen LogP contribution is 2.39. The van der Waals surface area contributed by atoms with Crippen LogP contribution in [0, 0.1) is 6.92 Å². The van der Waals surface area contributed by atoms with E-state index in [1.165, 1.54) is 43.3 Å². The molecule has 0 spiro atoms. The van der Waals surface area contributed by atoms with E-state index >= 15 is 0 Å². The van der Waals surface area contributed by atoms with Gasteiger partial charge in [0.2, 0.25) is 0 Å². The highest BCUT2D eigenvalue weighted by molar-refractivity contribution is 8.09. The lowest BCUT2D eigenvalue weighted by Crippen LogP contribution is -2.14. The predicted octanol–water partition coefficient (Wildman–Crippen LogP) is 6.22. The van der Waals surface area contributed by atoms with E-state index in [1.807, 2.05) is 11.8 Å². The number of thioether (sulfide) groups is 1. The fourth-order valence-corrected chi connectivity index (χ4v) is 5.84. The summed E-state index contributed by atoms with van der Waals surface area (Å²) < 4.78 is 0. The number of anilines is 1. The van der Waals surface area contributed by atoms with Gasteiger partial charge < -0.3 is 11.1 Å². The highest BCUT2D eigenvalue weighted by atomic mass is 32.2. The number of nitrogens with two attached hydrogens (primary N) is 1. The van der Waals surface area contributed by atoms with Gasteiger partial charge in [-0.3, -0.25) is 0 Å². The van der Waals surface area contributed by atoms with Gasteiger partial charge in [-0.2, -0.15) is 0 Å². The normalized spacial score (nSPS) is 16.3. The first kappa shape index (κ1) is 20.0. The van der Waals surface area contributed by atoms with Gasteiger partial charge in [-0.1, -0.05) is 72.0 Å². The zero-order valence-corrected chi connectivity index (χ0v) is 19.0. The lowest BCUT2D eigenvalue weighted by Gasteiger charge is -2.12. The second-order valence-electron chi connectivity index (χ2n) is 7.57. The first-order valence-electron chi connectivity index (χ1n) is 10.0. The first-order chi connectivity index (χ1) is 13.9. The third-order valence-electron chi connectivity index (χ3n) is 5.26. The molecule has 0 bridgehead atoms. The Balaban J connectivity index is 1.73. The molecule has 1 aromatic heterocycles. The number of hydrogen-bond donors (Lipinski definition) is 2. The van der Waals surface area contributed by atoms with Crippen molar-refractivity contribution in [3.05, 3.63) is 76.1 Å².